The Morgan fingerprint density at radius 1 is 1.24 bits per heavy atom. The summed E-state index contributed by atoms with van der Waals surface area (Å²) >= 11 is 1.66. The molecule has 1 atom stereocenters. The lowest BCUT2D eigenvalue weighted by atomic mass is 10.2. The molecule has 0 heterocycles. The third kappa shape index (κ3) is 6.21. The summed E-state index contributed by atoms with van der Waals surface area (Å²) in [5.41, 5.74) is 1.18. The van der Waals surface area contributed by atoms with Gasteiger partial charge in [0.15, 0.2) is 0 Å². The van der Waals surface area contributed by atoms with Crippen LogP contribution in [0.2, 0.25) is 0 Å². The molecule has 0 aliphatic heterocycles. The molecule has 1 amide bonds. The van der Waals surface area contributed by atoms with E-state index in [4.69, 9.17) is 4.74 Å². The monoisotopic (exact) mass is 309 g/mol. The Labute approximate surface area is 130 Å². The van der Waals surface area contributed by atoms with Crippen LogP contribution in [0.3, 0.4) is 0 Å². The minimum atomic E-state index is -0.348. The first-order chi connectivity index (χ1) is 10.1. The molecule has 0 aromatic heterocycles. The Bertz CT molecular complexity index is 459. The third-order valence-electron chi connectivity index (χ3n) is 2.90. The zero-order valence-electron chi connectivity index (χ0n) is 12.8. The maximum atomic E-state index is 12.0. The number of thioether (sulfide) groups is 1. The molecule has 21 heavy (non-hydrogen) atoms. The summed E-state index contributed by atoms with van der Waals surface area (Å²) in [6.45, 7) is 6.16. The Morgan fingerprint density at radius 3 is 2.48 bits per heavy atom. The summed E-state index contributed by atoms with van der Waals surface area (Å²) in [6, 6.07) is 6.74. The van der Waals surface area contributed by atoms with E-state index in [1.807, 2.05) is 6.92 Å². The van der Waals surface area contributed by atoms with E-state index in [0.717, 1.165) is 18.6 Å². The number of esters is 1. The van der Waals surface area contributed by atoms with Gasteiger partial charge in [-0.3, -0.25) is 4.79 Å². The van der Waals surface area contributed by atoms with Crippen LogP contribution in [0.15, 0.2) is 24.3 Å². The van der Waals surface area contributed by atoms with E-state index in [1.165, 1.54) is 0 Å². The molecule has 1 aromatic carbocycles. The van der Waals surface area contributed by atoms with Crippen molar-refractivity contribution in [3.8, 4) is 0 Å². The first-order valence-corrected chi connectivity index (χ1v) is 8.33. The molecule has 0 fully saturated rings. The van der Waals surface area contributed by atoms with E-state index in [2.05, 4.69) is 12.2 Å². The fourth-order valence-electron chi connectivity index (χ4n) is 1.63. The number of amides is 1. The maximum Gasteiger partial charge on any atom is 0.338 e. The van der Waals surface area contributed by atoms with Crippen molar-refractivity contribution in [3.05, 3.63) is 29.8 Å². The number of rotatable bonds is 8. The molecule has 0 radical (unpaired) electrons. The highest BCUT2D eigenvalue weighted by atomic mass is 32.2. The Kier molecular flexibility index (Phi) is 7.90. The molecule has 1 rings (SSSR count). The summed E-state index contributed by atoms with van der Waals surface area (Å²) in [5.74, 6) is 0.631. The van der Waals surface area contributed by atoms with Gasteiger partial charge in [0.05, 0.1) is 17.4 Å². The van der Waals surface area contributed by atoms with Gasteiger partial charge in [0.2, 0.25) is 5.91 Å². The molecule has 1 N–H and O–H groups in total. The first kappa shape index (κ1) is 17.6. The van der Waals surface area contributed by atoms with Crippen molar-refractivity contribution in [2.75, 3.05) is 17.7 Å². The third-order valence-corrected chi connectivity index (χ3v) is 4.14. The largest absolute Gasteiger partial charge is 0.462 e. The average Bonchev–Trinajstić information content (AvgIpc) is 2.48. The Balaban J connectivity index is 2.51. The second-order valence-corrected chi connectivity index (χ2v) is 6.10. The fourth-order valence-corrected chi connectivity index (χ4v) is 2.65. The topological polar surface area (TPSA) is 55.4 Å². The van der Waals surface area contributed by atoms with E-state index in [9.17, 15) is 9.59 Å². The molecule has 4 nitrogen and oxygen atoms in total. The van der Waals surface area contributed by atoms with Crippen LogP contribution < -0.4 is 5.32 Å². The van der Waals surface area contributed by atoms with Crippen molar-refractivity contribution in [3.63, 3.8) is 0 Å². The fraction of sp³-hybridized carbons (Fsp3) is 0.500. The van der Waals surface area contributed by atoms with Crippen LogP contribution in [-0.2, 0) is 9.53 Å². The van der Waals surface area contributed by atoms with Crippen LogP contribution in [0.25, 0.3) is 0 Å². The molecule has 116 valence electrons. The molecule has 0 saturated heterocycles. The molecule has 1 unspecified atom stereocenters. The summed E-state index contributed by atoms with van der Waals surface area (Å²) in [7, 11) is 0. The number of unbranched alkanes of at least 4 members (excludes halogenated alkanes) is 1. The number of hydrogen-bond donors (Lipinski definition) is 1. The van der Waals surface area contributed by atoms with Crippen LogP contribution in [0.4, 0.5) is 5.69 Å². The highest BCUT2D eigenvalue weighted by Crippen LogP contribution is 2.16. The molecular weight excluding hydrogens is 286 g/mol. The lowest BCUT2D eigenvalue weighted by molar-refractivity contribution is -0.115. The number of anilines is 1. The molecule has 0 aliphatic rings. The van der Waals surface area contributed by atoms with Gasteiger partial charge in [-0.1, -0.05) is 13.3 Å². The molecule has 1 aromatic rings. The smallest absolute Gasteiger partial charge is 0.338 e. The van der Waals surface area contributed by atoms with Gasteiger partial charge < -0.3 is 10.1 Å². The lowest BCUT2D eigenvalue weighted by Gasteiger charge is -2.12. The first-order valence-electron chi connectivity index (χ1n) is 7.28. The number of carbonyl (C=O) groups is 2. The Morgan fingerprint density at radius 2 is 1.90 bits per heavy atom. The molecule has 0 saturated carbocycles. The van der Waals surface area contributed by atoms with Crippen LogP contribution in [0, 0.1) is 0 Å². The van der Waals surface area contributed by atoms with E-state index >= 15 is 0 Å². The van der Waals surface area contributed by atoms with Crippen molar-refractivity contribution in [2.24, 2.45) is 0 Å². The maximum absolute atomic E-state index is 12.0. The number of hydrogen-bond acceptors (Lipinski definition) is 4. The van der Waals surface area contributed by atoms with E-state index in [1.54, 1.807) is 43.0 Å². The van der Waals surface area contributed by atoms with Gasteiger partial charge in [0.25, 0.3) is 0 Å². The van der Waals surface area contributed by atoms with Gasteiger partial charge in [-0.2, -0.15) is 0 Å². The zero-order chi connectivity index (χ0) is 15.7. The number of ether oxygens (including phenoxy) is 1. The zero-order valence-corrected chi connectivity index (χ0v) is 13.7. The van der Waals surface area contributed by atoms with Crippen molar-refractivity contribution in [2.45, 2.75) is 38.9 Å². The average molecular weight is 309 g/mol. The minimum absolute atomic E-state index is 0.0139. The quantitative estimate of drug-likeness (QED) is 0.587. The van der Waals surface area contributed by atoms with Crippen molar-refractivity contribution < 1.29 is 14.3 Å². The van der Waals surface area contributed by atoms with Gasteiger partial charge >= 0.3 is 5.97 Å². The molecule has 0 spiro atoms. The van der Waals surface area contributed by atoms with Gasteiger partial charge in [-0.25, -0.2) is 4.79 Å². The minimum Gasteiger partial charge on any atom is -0.462 e. The van der Waals surface area contributed by atoms with E-state index < -0.39 is 0 Å². The summed E-state index contributed by atoms with van der Waals surface area (Å²) in [4.78, 5) is 23.5. The lowest BCUT2D eigenvalue weighted by Crippen LogP contribution is -2.22. The van der Waals surface area contributed by atoms with Crippen LogP contribution >= 0.6 is 11.8 Å². The number of benzene rings is 1. The molecule has 5 heteroatoms. The van der Waals surface area contributed by atoms with Crippen LogP contribution in [0.5, 0.6) is 0 Å². The summed E-state index contributed by atoms with van der Waals surface area (Å²) < 4.78 is 4.91. The predicted octanol–water partition coefficient (Wildman–Crippen LogP) is 3.72. The highest BCUT2D eigenvalue weighted by Gasteiger charge is 2.13. The van der Waals surface area contributed by atoms with Crippen LogP contribution in [0.1, 0.15) is 44.0 Å². The predicted molar refractivity (Wildman–Crippen MR) is 87.9 cm³/mol. The summed E-state index contributed by atoms with van der Waals surface area (Å²) in [6.07, 6.45) is 2.26. The number of nitrogens with one attached hydrogen (secondary N) is 1. The SMILES string of the molecule is CCCCSC(C)C(=O)Nc1ccc(C(=O)OCC)cc1. The van der Waals surface area contributed by atoms with Gasteiger partial charge in [-0.15, -0.1) is 11.8 Å². The molecule has 0 aliphatic carbocycles. The Hall–Kier alpha value is -1.49. The van der Waals surface area contributed by atoms with Gasteiger partial charge in [-0.05, 0) is 50.3 Å². The van der Waals surface area contributed by atoms with Crippen LogP contribution in [-0.4, -0.2) is 29.5 Å². The second kappa shape index (κ2) is 9.45. The van der Waals surface area contributed by atoms with Crippen molar-refractivity contribution >= 4 is 29.3 Å². The number of carbonyl (C=O) groups excluding carboxylic acids is 2. The molecular formula is C16H23NO3S. The van der Waals surface area contributed by atoms with E-state index in [0.29, 0.717) is 17.9 Å². The second-order valence-electron chi connectivity index (χ2n) is 4.65. The standard InChI is InChI=1S/C16H23NO3S/c1-4-6-11-21-12(3)15(18)17-14-9-7-13(8-10-14)16(19)20-5-2/h7-10,12H,4-6,11H2,1-3H3,(H,17,18). The van der Waals surface area contributed by atoms with E-state index in [-0.39, 0.29) is 17.1 Å². The van der Waals surface area contributed by atoms with Gasteiger partial charge in [0.1, 0.15) is 0 Å². The highest BCUT2D eigenvalue weighted by molar-refractivity contribution is 8.00. The van der Waals surface area contributed by atoms with Gasteiger partial charge in [0, 0.05) is 5.69 Å². The van der Waals surface area contributed by atoms with Crippen molar-refractivity contribution in [1.29, 1.82) is 0 Å². The molecule has 0 bridgehead atoms. The summed E-state index contributed by atoms with van der Waals surface area (Å²) in [5, 5.41) is 2.77. The van der Waals surface area contributed by atoms with Crippen molar-refractivity contribution in [1.82, 2.24) is 0 Å². The normalized spacial score (nSPS) is 11.8.